The van der Waals surface area contributed by atoms with Gasteiger partial charge in [0.25, 0.3) is 0 Å². The van der Waals surface area contributed by atoms with Crippen LogP contribution in [0.4, 0.5) is 10.5 Å². The zero-order valence-electron chi connectivity index (χ0n) is 12.0. The zero-order chi connectivity index (χ0) is 15.8. The van der Waals surface area contributed by atoms with E-state index in [0.717, 1.165) is 17.9 Å². The zero-order valence-corrected chi connectivity index (χ0v) is 14.4. The van der Waals surface area contributed by atoms with Gasteiger partial charge in [0.1, 0.15) is 0 Å². The second kappa shape index (κ2) is 8.94. The Kier molecular flexibility index (Phi) is 7.60. The van der Waals surface area contributed by atoms with Crippen LogP contribution in [0.25, 0.3) is 0 Å². The van der Waals surface area contributed by atoms with Crippen LogP contribution in [0.5, 0.6) is 0 Å². The number of amides is 2. The van der Waals surface area contributed by atoms with Gasteiger partial charge in [0, 0.05) is 10.5 Å². The predicted molar refractivity (Wildman–Crippen MR) is 90.3 cm³/mol. The molecule has 1 unspecified atom stereocenters. The van der Waals surface area contributed by atoms with E-state index in [1.165, 1.54) is 6.07 Å². The Morgan fingerprint density at radius 2 is 2.14 bits per heavy atom. The molecule has 1 rings (SSSR count). The fourth-order valence-corrected chi connectivity index (χ4v) is 2.95. The molecular formula is C14H19BrN2O3S. The van der Waals surface area contributed by atoms with E-state index >= 15 is 0 Å². The van der Waals surface area contributed by atoms with Gasteiger partial charge in [-0.25, -0.2) is 9.59 Å². The lowest BCUT2D eigenvalue weighted by atomic mass is 10.2. The number of hydrogen-bond acceptors (Lipinski definition) is 3. The van der Waals surface area contributed by atoms with E-state index in [4.69, 9.17) is 5.11 Å². The van der Waals surface area contributed by atoms with E-state index < -0.39 is 12.0 Å². The highest BCUT2D eigenvalue weighted by atomic mass is 79.9. The molecule has 0 aliphatic rings. The maximum Gasteiger partial charge on any atom is 0.337 e. The summed E-state index contributed by atoms with van der Waals surface area (Å²) in [5, 5.41) is 14.5. The highest BCUT2D eigenvalue weighted by Crippen LogP contribution is 2.26. The minimum Gasteiger partial charge on any atom is -0.478 e. The number of urea groups is 1. The maximum atomic E-state index is 11.9. The Balaban J connectivity index is 2.65. The van der Waals surface area contributed by atoms with Gasteiger partial charge in [-0.3, -0.25) is 0 Å². The summed E-state index contributed by atoms with van der Waals surface area (Å²) in [7, 11) is 0. The van der Waals surface area contributed by atoms with Gasteiger partial charge in [-0.2, -0.15) is 11.8 Å². The minimum absolute atomic E-state index is 0.0276. The number of rotatable bonds is 7. The van der Waals surface area contributed by atoms with Crippen molar-refractivity contribution < 1.29 is 14.7 Å². The molecule has 1 atom stereocenters. The van der Waals surface area contributed by atoms with Crippen molar-refractivity contribution in [3.05, 3.63) is 28.2 Å². The second-order valence-corrected chi connectivity index (χ2v) is 6.70. The number of anilines is 1. The lowest BCUT2D eigenvalue weighted by Crippen LogP contribution is -2.36. The average molecular weight is 375 g/mol. The Labute approximate surface area is 137 Å². The van der Waals surface area contributed by atoms with Crippen molar-refractivity contribution >= 4 is 45.4 Å². The molecule has 7 heteroatoms. The molecule has 21 heavy (non-hydrogen) atoms. The van der Waals surface area contributed by atoms with Crippen molar-refractivity contribution in [1.29, 1.82) is 0 Å². The minimum atomic E-state index is -1.08. The Morgan fingerprint density at radius 1 is 1.43 bits per heavy atom. The van der Waals surface area contributed by atoms with E-state index in [-0.39, 0.29) is 17.3 Å². The smallest absolute Gasteiger partial charge is 0.337 e. The Morgan fingerprint density at radius 3 is 2.76 bits per heavy atom. The molecule has 0 saturated carbocycles. The number of nitrogens with one attached hydrogen (secondary N) is 2. The quantitative estimate of drug-likeness (QED) is 0.634. The fourth-order valence-electron chi connectivity index (χ4n) is 1.68. The van der Waals surface area contributed by atoms with Gasteiger partial charge in [0.15, 0.2) is 0 Å². The van der Waals surface area contributed by atoms with Crippen LogP contribution in [0.15, 0.2) is 22.7 Å². The predicted octanol–water partition coefficient (Wildman–Crippen LogP) is 3.80. The molecule has 0 spiro atoms. The number of carbonyl (C=O) groups excluding carboxylic acids is 1. The van der Waals surface area contributed by atoms with Crippen LogP contribution >= 0.6 is 27.7 Å². The Hall–Kier alpha value is -1.21. The van der Waals surface area contributed by atoms with Crippen LogP contribution < -0.4 is 10.6 Å². The van der Waals surface area contributed by atoms with Crippen molar-refractivity contribution in [2.75, 3.05) is 16.8 Å². The number of carboxylic acids is 1. The summed E-state index contributed by atoms with van der Waals surface area (Å²) in [6.45, 7) is 4.02. The molecule has 0 aliphatic carbocycles. The van der Waals surface area contributed by atoms with E-state index in [1.807, 2.05) is 18.7 Å². The molecule has 116 valence electrons. The van der Waals surface area contributed by atoms with Crippen LogP contribution in [0.3, 0.4) is 0 Å². The summed E-state index contributed by atoms with van der Waals surface area (Å²) in [5.74, 6) is 0.949. The number of aromatic carboxylic acids is 1. The van der Waals surface area contributed by atoms with Gasteiger partial charge in [-0.05, 0) is 52.9 Å². The van der Waals surface area contributed by atoms with Gasteiger partial charge in [0.2, 0.25) is 0 Å². The van der Waals surface area contributed by atoms with Crippen LogP contribution in [0.2, 0.25) is 0 Å². The lowest BCUT2D eigenvalue weighted by Gasteiger charge is -2.16. The molecule has 0 saturated heterocycles. The fraction of sp³-hybridized carbons (Fsp3) is 0.429. The average Bonchev–Trinajstić information content (AvgIpc) is 2.41. The first-order valence-corrected chi connectivity index (χ1v) is 8.57. The first kappa shape index (κ1) is 17.8. The van der Waals surface area contributed by atoms with Crippen molar-refractivity contribution in [2.45, 2.75) is 26.3 Å². The first-order chi connectivity index (χ1) is 9.95. The van der Waals surface area contributed by atoms with E-state index in [9.17, 15) is 9.59 Å². The third-order valence-electron chi connectivity index (χ3n) is 2.76. The number of carbonyl (C=O) groups is 2. The molecule has 0 aromatic heterocycles. The molecule has 0 fully saturated rings. The summed E-state index contributed by atoms with van der Waals surface area (Å²) >= 11 is 5.07. The SMILES string of the molecule is CCSCCC(C)NC(=O)Nc1c(Br)cccc1C(=O)O. The summed E-state index contributed by atoms with van der Waals surface area (Å²) in [6.07, 6.45) is 0.869. The van der Waals surface area contributed by atoms with Crippen LogP contribution in [-0.4, -0.2) is 34.7 Å². The normalized spacial score (nSPS) is 11.8. The van der Waals surface area contributed by atoms with E-state index in [2.05, 4.69) is 33.5 Å². The molecule has 0 aliphatic heterocycles. The number of benzene rings is 1. The van der Waals surface area contributed by atoms with Crippen molar-refractivity contribution in [2.24, 2.45) is 0 Å². The first-order valence-electron chi connectivity index (χ1n) is 6.62. The maximum absolute atomic E-state index is 11.9. The van der Waals surface area contributed by atoms with Crippen LogP contribution in [0, 0.1) is 0 Å². The highest BCUT2D eigenvalue weighted by molar-refractivity contribution is 9.10. The number of thioether (sulfide) groups is 1. The third-order valence-corrected chi connectivity index (χ3v) is 4.35. The summed E-state index contributed by atoms with van der Waals surface area (Å²) < 4.78 is 0.534. The molecular weight excluding hydrogens is 356 g/mol. The summed E-state index contributed by atoms with van der Waals surface area (Å²) in [4.78, 5) is 23.1. The van der Waals surface area contributed by atoms with Crippen LogP contribution in [0.1, 0.15) is 30.6 Å². The largest absolute Gasteiger partial charge is 0.478 e. The van der Waals surface area contributed by atoms with Crippen molar-refractivity contribution in [3.8, 4) is 0 Å². The van der Waals surface area contributed by atoms with Crippen molar-refractivity contribution in [3.63, 3.8) is 0 Å². The highest BCUT2D eigenvalue weighted by Gasteiger charge is 2.16. The molecule has 0 bridgehead atoms. The Bertz CT molecular complexity index is 511. The molecule has 0 radical (unpaired) electrons. The molecule has 1 aromatic rings. The molecule has 3 N–H and O–H groups in total. The van der Waals surface area contributed by atoms with Gasteiger partial charge in [0.05, 0.1) is 11.3 Å². The van der Waals surface area contributed by atoms with Crippen molar-refractivity contribution in [1.82, 2.24) is 5.32 Å². The summed E-state index contributed by atoms with van der Waals surface area (Å²) in [6, 6.07) is 4.37. The van der Waals surface area contributed by atoms with Gasteiger partial charge >= 0.3 is 12.0 Å². The molecule has 1 aromatic carbocycles. The van der Waals surface area contributed by atoms with Crippen LogP contribution in [-0.2, 0) is 0 Å². The number of hydrogen-bond donors (Lipinski definition) is 3. The monoisotopic (exact) mass is 374 g/mol. The topological polar surface area (TPSA) is 78.4 Å². The second-order valence-electron chi connectivity index (χ2n) is 4.45. The molecule has 0 heterocycles. The number of halogens is 1. The lowest BCUT2D eigenvalue weighted by molar-refractivity contribution is 0.0698. The van der Waals surface area contributed by atoms with Gasteiger partial charge in [-0.1, -0.05) is 13.0 Å². The summed E-state index contributed by atoms with van der Waals surface area (Å²) in [5.41, 5.74) is 0.311. The van der Waals surface area contributed by atoms with E-state index in [0.29, 0.717) is 4.47 Å². The van der Waals surface area contributed by atoms with Gasteiger partial charge in [-0.15, -0.1) is 0 Å². The third kappa shape index (κ3) is 5.97. The number of carboxylic acid groups (broad SMARTS) is 1. The van der Waals surface area contributed by atoms with Gasteiger partial charge < -0.3 is 15.7 Å². The standard InChI is InChI=1S/C14H19BrN2O3S/c1-3-21-8-7-9(2)16-14(20)17-12-10(13(18)19)5-4-6-11(12)15/h4-6,9H,3,7-8H2,1-2H3,(H,18,19)(H2,16,17,20). The van der Waals surface area contributed by atoms with E-state index in [1.54, 1.807) is 12.1 Å². The number of para-hydroxylation sites is 1. The molecule has 2 amide bonds. The molecule has 5 nitrogen and oxygen atoms in total.